The van der Waals surface area contributed by atoms with E-state index < -0.39 is 5.54 Å². The number of nitrogens with zero attached hydrogens (tertiary/aromatic N) is 5. The first-order valence-corrected chi connectivity index (χ1v) is 10.3. The number of allylic oxidation sites excluding steroid dienone is 1. The number of rotatable bonds is 5. The van der Waals surface area contributed by atoms with Crippen molar-refractivity contribution in [1.29, 1.82) is 0 Å². The molecular weight excluding hydrogens is 386 g/mol. The molecule has 1 atom stereocenters. The van der Waals surface area contributed by atoms with Crippen LogP contribution in [-0.4, -0.2) is 32.8 Å². The molecule has 0 amide bonds. The van der Waals surface area contributed by atoms with Crippen LogP contribution in [0.25, 0.3) is 11.2 Å². The largest absolute Gasteiger partial charge is 0.496 e. The maximum absolute atomic E-state index is 6.40. The van der Waals surface area contributed by atoms with Crippen LogP contribution in [0.5, 0.6) is 5.75 Å². The minimum Gasteiger partial charge on any atom is -0.496 e. The second kappa shape index (κ2) is 7.26. The third kappa shape index (κ3) is 3.12. The fourth-order valence-electron chi connectivity index (χ4n) is 4.53. The highest BCUT2D eigenvalue weighted by Gasteiger charge is 2.37. The average molecular weight is 408 g/mol. The van der Waals surface area contributed by atoms with Gasteiger partial charge in [-0.25, -0.2) is 9.97 Å². The molecule has 0 N–H and O–H groups in total. The van der Waals surface area contributed by atoms with Crippen LogP contribution in [0.2, 0.25) is 5.28 Å². The van der Waals surface area contributed by atoms with E-state index in [9.17, 15) is 0 Å². The summed E-state index contributed by atoms with van der Waals surface area (Å²) in [5, 5.41) is 0.224. The van der Waals surface area contributed by atoms with Crippen LogP contribution in [0, 0.1) is 0 Å². The highest BCUT2D eigenvalue weighted by Crippen LogP contribution is 2.40. The Morgan fingerprint density at radius 2 is 2.03 bits per heavy atom. The minimum absolute atomic E-state index is 0.224. The Kier molecular flexibility index (Phi) is 4.59. The van der Waals surface area contributed by atoms with E-state index in [0.29, 0.717) is 12.5 Å². The predicted molar refractivity (Wildman–Crippen MR) is 114 cm³/mol. The molecule has 1 saturated carbocycles. The lowest BCUT2D eigenvalue weighted by Gasteiger charge is -2.25. The van der Waals surface area contributed by atoms with Crippen LogP contribution in [0.15, 0.2) is 47.7 Å². The summed E-state index contributed by atoms with van der Waals surface area (Å²) in [6, 6.07) is 8.41. The SMILES string of the molecule is COc1ccccc1CC1(c2nc(Cl)nc3c2ncn3C2CCCC2)C=CC=N1. The standard InChI is InChI=1S/C22H22ClN5O/c1-29-17-10-5-2-7-15(17)13-22(11-6-12-25-22)19-18-20(27-21(23)26-19)28(14-24-18)16-8-3-4-9-16/h2,5-7,10-12,14,16H,3-4,8-9,13H2,1H3. The van der Waals surface area contributed by atoms with Gasteiger partial charge in [0.15, 0.2) is 5.65 Å². The molecule has 6 nitrogen and oxygen atoms in total. The van der Waals surface area contributed by atoms with Crippen molar-refractivity contribution in [1.82, 2.24) is 19.5 Å². The van der Waals surface area contributed by atoms with Gasteiger partial charge >= 0.3 is 0 Å². The van der Waals surface area contributed by atoms with Crippen molar-refractivity contribution >= 4 is 29.0 Å². The Hall–Kier alpha value is -2.73. The van der Waals surface area contributed by atoms with Crippen molar-refractivity contribution in [3.05, 3.63) is 59.3 Å². The normalized spacial score (nSPS) is 21.4. The Balaban J connectivity index is 1.66. The third-order valence-electron chi connectivity index (χ3n) is 5.94. The lowest BCUT2D eigenvalue weighted by molar-refractivity contribution is 0.404. The highest BCUT2D eigenvalue weighted by atomic mass is 35.5. The van der Waals surface area contributed by atoms with Gasteiger partial charge in [0.2, 0.25) is 5.28 Å². The fourth-order valence-corrected chi connectivity index (χ4v) is 4.70. The van der Waals surface area contributed by atoms with Crippen LogP contribution in [-0.2, 0) is 12.0 Å². The zero-order valence-electron chi connectivity index (χ0n) is 16.3. The summed E-state index contributed by atoms with van der Waals surface area (Å²) in [4.78, 5) is 18.7. The first kappa shape index (κ1) is 18.3. The number of imidazole rings is 1. The second-order valence-corrected chi connectivity index (χ2v) is 7.99. The van der Waals surface area contributed by atoms with Crippen LogP contribution in [0.4, 0.5) is 0 Å². The molecule has 1 aliphatic carbocycles. The van der Waals surface area contributed by atoms with Gasteiger partial charge in [-0.15, -0.1) is 0 Å². The smallest absolute Gasteiger partial charge is 0.224 e. The van der Waals surface area contributed by atoms with Gasteiger partial charge in [0, 0.05) is 18.7 Å². The topological polar surface area (TPSA) is 65.2 Å². The Morgan fingerprint density at radius 3 is 2.79 bits per heavy atom. The Bertz CT molecular complexity index is 1100. The van der Waals surface area contributed by atoms with E-state index in [0.717, 1.165) is 41.0 Å². The molecule has 2 aromatic heterocycles. The Morgan fingerprint density at radius 1 is 1.21 bits per heavy atom. The molecule has 0 bridgehead atoms. The summed E-state index contributed by atoms with van der Waals surface area (Å²) < 4.78 is 7.73. The number of hydrogen-bond donors (Lipinski definition) is 0. The molecule has 7 heteroatoms. The number of benzene rings is 1. The van der Waals surface area contributed by atoms with E-state index >= 15 is 0 Å². The molecule has 3 aromatic rings. The third-order valence-corrected chi connectivity index (χ3v) is 6.11. The molecule has 5 rings (SSSR count). The van der Waals surface area contributed by atoms with Gasteiger partial charge in [-0.3, -0.25) is 4.99 Å². The molecule has 3 heterocycles. The lowest BCUT2D eigenvalue weighted by atomic mass is 9.87. The molecule has 2 aliphatic rings. The molecule has 0 spiro atoms. The molecule has 148 valence electrons. The number of methoxy groups -OCH3 is 1. The van der Waals surface area contributed by atoms with Crippen molar-refractivity contribution in [3.63, 3.8) is 0 Å². The van der Waals surface area contributed by atoms with Gasteiger partial charge in [-0.2, -0.15) is 4.98 Å². The van der Waals surface area contributed by atoms with Crippen LogP contribution >= 0.6 is 11.6 Å². The summed E-state index contributed by atoms with van der Waals surface area (Å²) in [5.41, 5.74) is 2.66. The first-order chi connectivity index (χ1) is 14.2. The first-order valence-electron chi connectivity index (χ1n) is 9.96. The average Bonchev–Trinajstić information content (AvgIpc) is 3.48. The summed E-state index contributed by atoms with van der Waals surface area (Å²) in [6.07, 6.45) is 13.1. The van der Waals surface area contributed by atoms with E-state index in [1.54, 1.807) is 7.11 Å². The highest BCUT2D eigenvalue weighted by molar-refractivity contribution is 6.28. The van der Waals surface area contributed by atoms with Crippen molar-refractivity contribution < 1.29 is 4.74 Å². The molecule has 1 aromatic carbocycles. The van der Waals surface area contributed by atoms with Crippen LogP contribution in [0.1, 0.15) is 43.0 Å². The molecule has 29 heavy (non-hydrogen) atoms. The number of ether oxygens (including phenoxy) is 1. The van der Waals surface area contributed by atoms with Gasteiger partial charge in [-0.1, -0.05) is 31.0 Å². The Labute approximate surface area is 174 Å². The number of aliphatic imine (C=N–C) groups is 1. The molecule has 1 unspecified atom stereocenters. The molecular formula is C22H22ClN5O. The van der Waals surface area contributed by atoms with E-state index in [1.165, 1.54) is 12.8 Å². The fraction of sp³-hybridized carbons (Fsp3) is 0.364. The second-order valence-electron chi connectivity index (χ2n) is 7.65. The zero-order valence-corrected chi connectivity index (χ0v) is 17.0. The van der Waals surface area contributed by atoms with E-state index in [2.05, 4.69) is 26.7 Å². The number of hydrogen-bond acceptors (Lipinski definition) is 5. The maximum Gasteiger partial charge on any atom is 0.224 e. The quantitative estimate of drug-likeness (QED) is 0.576. The van der Waals surface area contributed by atoms with E-state index in [4.69, 9.17) is 26.3 Å². The van der Waals surface area contributed by atoms with E-state index in [1.807, 2.05) is 36.8 Å². The number of halogens is 1. The zero-order chi connectivity index (χ0) is 19.8. The summed E-state index contributed by atoms with van der Waals surface area (Å²) in [6.45, 7) is 0. The lowest BCUT2D eigenvalue weighted by Crippen LogP contribution is -2.25. The van der Waals surface area contributed by atoms with Gasteiger partial charge in [0.25, 0.3) is 0 Å². The molecule has 0 saturated heterocycles. The molecule has 0 radical (unpaired) electrons. The number of para-hydroxylation sites is 1. The molecule has 1 aliphatic heterocycles. The van der Waals surface area contributed by atoms with E-state index in [-0.39, 0.29) is 5.28 Å². The van der Waals surface area contributed by atoms with Crippen molar-refractivity contribution in [2.24, 2.45) is 4.99 Å². The van der Waals surface area contributed by atoms with Crippen molar-refractivity contribution in [3.8, 4) is 5.75 Å². The van der Waals surface area contributed by atoms with Crippen LogP contribution < -0.4 is 4.74 Å². The maximum atomic E-state index is 6.40. The van der Waals surface area contributed by atoms with Gasteiger partial charge in [-0.05, 0) is 48.2 Å². The predicted octanol–water partition coefficient (Wildman–Crippen LogP) is 4.68. The summed E-state index contributed by atoms with van der Waals surface area (Å²) in [7, 11) is 1.68. The van der Waals surface area contributed by atoms with Gasteiger partial charge < -0.3 is 9.30 Å². The minimum atomic E-state index is -0.686. The monoisotopic (exact) mass is 407 g/mol. The van der Waals surface area contributed by atoms with Gasteiger partial charge in [0.05, 0.1) is 13.4 Å². The molecule has 1 fully saturated rings. The van der Waals surface area contributed by atoms with Crippen molar-refractivity contribution in [2.45, 2.75) is 43.7 Å². The number of aromatic nitrogens is 4. The summed E-state index contributed by atoms with van der Waals surface area (Å²) in [5.74, 6) is 0.829. The van der Waals surface area contributed by atoms with Gasteiger partial charge in [0.1, 0.15) is 22.5 Å². The number of fused-ring (bicyclic) bond motifs is 1. The van der Waals surface area contributed by atoms with Crippen LogP contribution in [0.3, 0.4) is 0 Å². The van der Waals surface area contributed by atoms with Crippen molar-refractivity contribution in [2.75, 3.05) is 7.11 Å². The summed E-state index contributed by atoms with van der Waals surface area (Å²) >= 11 is 6.40.